The monoisotopic (exact) mass is 418 g/mol. The van der Waals surface area contributed by atoms with Gasteiger partial charge in [0.05, 0.1) is 13.2 Å². The van der Waals surface area contributed by atoms with Crippen molar-refractivity contribution in [2.75, 3.05) is 37.7 Å². The van der Waals surface area contributed by atoms with E-state index in [0.717, 1.165) is 13.0 Å². The van der Waals surface area contributed by atoms with Crippen molar-refractivity contribution in [1.29, 1.82) is 0 Å². The number of hydrogen-bond acceptors (Lipinski definition) is 5. The fraction of sp³-hybridized carbons (Fsp3) is 0.292. The third-order valence-electron chi connectivity index (χ3n) is 5.83. The summed E-state index contributed by atoms with van der Waals surface area (Å²) in [5.74, 6) is 0.714. The van der Waals surface area contributed by atoms with E-state index in [1.165, 1.54) is 23.3 Å². The SMILES string of the molecule is O=C(c1cnc(-c2ccc(F)cc2)nc1N1CCc2ccccc2C1)N1CCOCC1. The first-order valence-corrected chi connectivity index (χ1v) is 10.5. The first-order chi connectivity index (χ1) is 15.2. The van der Waals surface area contributed by atoms with Crippen molar-refractivity contribution in [3.05, 3.63) is 77.2 Å². The summed E-state index contributed by atoms with van der Waals surface area (Å²) in [6.45, 7) is 3.63. The number of nitrogens with zero attached hydrogens (tertiary/aromatic N) is 4. The lowest BCUT2D eigenvalue weighted by Gasteiger charge is -2.32. The summed E-state index contributed by atoms with van der Waals surface area (Å²) in [6, 6.07) is 14.5. The molecule has 0 spiro atoms. The standard InChI is InChI=1S/C24H23FN4O2/c25-20-7-5-18(6-8-20)22-26-15-21(24(30)28-11-13-31-14-12-28)23(27-22)29-10-9-17-3-1-2-4-19(17)16-29/h1-8,15H,9-14,16H2. The van der Waals surface area contributed by atoms with E-state index in [4.69, 9.17) is 9.72 Å². The van der Waals surface area contributed by atoms with E-state index in [1.54, 1.807) is 23.2 Å². The Kier molecular flexibility index (Phi) is 5.34. The molecule has 5 rings (SSSR count). The Bertz CT molecular complexity index is 1100. The Morgan fingerprint density at radius 1 is 0.968 bits per heavy atom. The van der Waals surface area contributed by atoms with E-state index < -0.39 is 0 Å². The van der Waals surface area contributed by atoms with Crippen molar-refractivity contribution in [2.45, 2.75) is 13.0 Å². The number of rotatable bonds is 3. The average Bonchev–Trinajstić information content (AvgIpc) is 2.84. The molecule has 0 atom stereocenters. The van der Waals surface area contributed by atoms with Crippen LogP contribution in [0.15, 0.2) is 54.7 Å². The number of benzene rings is 2. The Hall–Kier alpha value is -3.32. The largest absolute Gasteiger partial charge is 0.378 e. The first-order valence-electron chi connectivity index (χ1n) is 10.5. The van der Waals surface area contributed by atoms with E-state index in [1.807, 2.05) is 6.07 Å². The van der Waals surface area contributed by atoms with Crippen molar-refractivity contribution in [3.63, 3.8) is 0 Å². The molecule has 2 aromatic carbocycles. The molecule has 1 saturated heterocycles. The lowest BCUT2D eigenvalue weighted by Crippen LogP contribution is -2.42. The second-order valence-corrected chi connectivity index (χ2v) is 7.78. The topological polar surface area (TPSA) is 58.6 Å². The summed E-state index contributed by atoms with van der Waals surface area (Å²) in [6.07, 6.45) is 2.50. The zero-order valence-electron chi connectivity index (χ0n) is 17.1. The number of carbonyl (C=O) groups excluding carboxylic acids is 1. The molecule has 6 nitrogen and oxygen atoms in total. The molecule has 3 heterocycles. The lowest BCUT2D eigenvalue weighted by atomic mass is 9.99. The molecule has 1 fully saturated rings. The predicted molar refractivity (Wildman–Crippen MR) is 115 cm³/mol. The molecule has 0 unspecified atom stereocenters. The van der Waals surface area contributed by atoms with Gasteiger partial charge in [0.15, 0.2) is 5.82 Å². The zero-order chi connectivity index (χ0) is 21.2. The molecule has 0 bridgehead atoms. The number of ether oxygens (including phenoxy) is 1. The van der Waals surface area contributed by atoms with Gasteiger partial charge in [0.25, 0.3) is 5.91 Å². The minimum absolute atomic E-state index is 0.0807. The molecule has 7 heteroatoms. The maximum atomic E-state index is 13.4. The van der Waals surface area contributed by atoms with Gasteiger partial charge in [-0.15, -0.1) is 0 Å². The van der Waals surface area contributed by atoms with Crippen LogP contribution in [0.5, 0.6) is 0 Å². The zero-order valence-corrected chi connectivity index (χ0v) is 17.1. The van der Waals surface area contributed by atoms with Crippen LogP contribution in [0.4, 0.5) is 10.2 Å². The van der Waals surface area contributed by atoms with Crippen molar-refractivity contribution < 1.29 is 13.9 Å². The molecular weight excluding hydrogens is 395 g/mol. The van der Waals surface area contributed by atoms with Crippen LogP contribution in [-0.2, 0) is 17.7 Å². The molecule has 31 heavy (non-hydrogen) atoms. The molecule has 2 aliphatic heterocycles. The number of morpholine rings is 1. The maximum absolute atomic E-state index is 13.4. The van der Waals surface area contributed by atoms with Gasteiger partial charge in [-0.2, -0.15) is 0 Å². The van der Waals surface area contributed by atoms with Gasteiger partial charge in [-0.1, -0.05) is 24.3 Å². The Morgan fingerprint density at radius 2 is 1.71 bits per heavy atom. The van der Waals surface area contributed by atoms with Crippen molar-refractivity contribution >= 4 is 11.7 Å². The van der Waals surface area contributed by atoms with Gasteiger partial charge in [-0.25, -0.2) is 14.4 Å². The fourth-order valence-electron chi connectivity index (χ4n) is 4.12. The number of anilines is 1. The Labute approximate surface area is 180 Å². The van der Waals surface area contributed by atoms with Crippen LogP contribution < -0.4 is 4.90 Å². The number of carbonyl (C=O) groups is 1. The lowest BCUT2D eigenvalue weighted by molar-refractivity contribution is 0.0302. The van der Waals surface area contributed by atoms with Gasteiger partial charge in [0.1, 0.15) is 17.2 Å². The molecule has 2 aliphatic rings. The molecule has 158 valence electrons. The summed E-state index contributed by atoms with van der Waals surface area (Å²) in [5.41, 5.74) is 3.77. The number of aromatic nitrogens is 2. The number of hydrogen-bond donors (Lipinski definition) is 0. The van der Waals surface area contributed by atoms with Crippen LogP contribution in [0, 0.1) is 5.82 Å². The highest BCUT2D eigenvalue weighted by Crippen LogP contribution is 2.28. The highest BCUT2D eigenvalue weighted by atomic mass is 19.1. The van der Waals surface area contributed by atoms with E-state index in [0.29, 0.717) is 55.6 Å². The maximum Gasteiger partial charge on any atom is 0.259 e. The molecule has 1 amide bonds. The third-order valence-corrected chi connectivity index (χ3v) is 5.83. The van der Waals surface area contributed by atoms with E-state index >= 15 is 0 Å². The molecule has 0 aliphatic carbocycles. The number of amides is 1. The van der Waals surface area contributed by atoms with Crippen LogP contribution in [0.3, 0.4) is 0 Å². The average molecular weight is 418 g/mol. The van der Waals surface area contributed by atoms with Crippen LogP contribution in [0.1, 0.15) is 21.5 Å². The molecule has 0 radical (unpaired) electrons. The summed E-state index contributed by atoms with van der Waals surface area (Å²) in [7, 11) is 0. The summed E-state index contributed by atoms with van der Waals surface area (Å²) in [5, 5.41) is 0. The third kappa shape index (κ3) is 4.01. The molecule has 0 saturated carbocycles. The van der Waals surface area contributed by atoms with Crippen LogP contribution in [-0.4, -0.2) is 53.6 Å². The summed E-state index contributed by atoms with van der Waals surface area (Å²) >= 11 is 0. The Morgan fingerprint density at radius 3 is 2.48 bits per heavy atom. The van der Waals surface area contributed by atoms with Gasteiger partial charge in [0, 0.05) is 37.9 Å². The van der Waals surface area contributed by atoms with Crippen LogP contribution in [0.25, 0.3) is 11.4 Å². The Balaban J connectivity index is 1.54. The van der Waals surface area contributed by atoms with E-state index in [2.05, 4.69) is 28.1 Å². The van der Waals surface area contributed by atoms with Crippen molar-refractivity contribution in [2.24, 2.45) is 0 Å². The normalized spacial score (nSPS) is 16.2. The van der Waals surface area contributed by atoms with Gasteiger partial charge in [-0.05, 0) is 41.8 Å². The first kappa shape index (κ1) is 19.6. The minimum atomic E-state index is -0.310. The molecule has 1 aromatic heterocycles. The van der Waals surface area contributed by atoms with Gasteiger partial charge < -0.3 is 14.5 Å². The van der Waals surface area contributed by atoms with Crippen LogP contribution in [0.2, 0.25) is 0 Å². The highest BCUT2D eigenvalue weighted by molar-refractivity contribution is 5.99. The predicted octanol–water partition coefficient (Wildman–Crippen LogP) is 3.32. The van der Waals surface area contributed by atoms with Gasteiger partial charge >= 0.3 is 0 Å². The smallest absolute Gasteiger partial charge is 0.259 e. The molecule has 3 aromatic rings. The fourth-order valence-corrected chi connectivity index (χ4v) is 4.12. The van der Waals surface area contributed by atoms with Crippen LogP contribution >= 0.6 is 0 Å². The number of fused-ring (bicyclic) bond motifs is 1. The van der Waals surface area contributed by atoms with Gasteiger partial charge in [-0.3, -0.25) is 4.79 Å². The highest BCUT2D eigenvalue weighted by Gasteiger charge is 2.27. The minimum Gasteiger partial charge on any atom is -0.378 e. The summed E-state index contributed by atoms with van der Waals surface area (Å²) in [4.78, 5) is 26.5. The van der Waals surface area contributed by atoms with E-state index in [9.17, 15) is 9.18 Å². The quantitative estimate of drug-likeness (QED) is 0.653. The molecule has 0 N–H and O–H groups in total. The van der Waals surface area contributed by atoms with Gasteiger partial charge in [0.2, 0.25) is 0 Å². The second-order valence-electron chi connectivity index (χ2n) is 7.78. The van der Waals surface area contributed by atoms with Crippen molar-refractivity contribution in [3.8, 4) is 11.4 Å². The number of halogens is 1. The second kappa shape index (κ2) is 8.43. The molecular formula is C24H23FN4O2. The van der Waals surface area contributed by atoms with E-state index in [-0.39, 0.29) is 11.7 Å². The van der Waals surface area contributed by atoms with Crippen molar-refractivity contribution in [1.82, 2.24) is 14.9 Å². The summed E-state index contributed by atoms with van der Waals surface area (Å²) < 4.78 is 18.8.